The Morgan fingerprint density at radius 2 is 2.40 bits per heavy atom. The quantitative estimate of drug-likeness (QED) is 0.830. The number of aliphatic carboxylic acids is 1. The van der Waals surface area contributed by atoms with Gasteiger partial charge in [-0.1, -0.05) is 11.4 Å². The van der Waals surface area contributed by atoms with Gasteiger partial charge in [-0.25, -0.2) is 4.79 Å². The van der Waals surface area contributed by atoms with E-state index in [9.17, 15) is 14.7 Å². The molecule has 2 unspecified atom stereocenters. The molecule has 20 heavy (non-hydrogen) atoms. The predicted molar refractivity (Wildman–Crippen MR) is 71.7 cm³/mol. The number of carboxylic acids is 1. The highest BCUT2D eigenvalue weighted by Gasteiger charge is 2.32. The Balaban J connectivity index is 2.08. The highest BCUT2D eigenvalue weighted by atomic mass is 32.1. The second-order valence-corrected chi connectivity index (χ2v) is 5.42. The van der Waals surface area contributed by atoms with Crippen LogP contribution >= 0.6 is 11.5 Å². The molecule has 0 saturated carbocycles. The van der Waals surface area contributed by atoms with Crippen LogP contribution in [0, 0.1) is 5.92 Å². The Kier molecular flexibility index (Phi) is 5.02. The highest BCUT2D eigenvalue weighted by Crippen LogP contribution is 2.19. The van der Waals surface area contributed by atoms with Gasteiger partial charge in [0.1, 0.15) is 10.9 Å². The number of nitrogens with zero attached hydrogens (tertiary/aromatic N) is 2. The highest BCUT2D eigenvalue weighted by molar-refractivity contribution is 7.08. The minimum atomic E-state index is -1.04. The van der Waals surface area contributed by atoms with E-state index < -0.39 is 17.9 Å². The summed E-state index contributed by atoms with van der Waals surface area (Å²) in [4.78, 5) is 23.9. The van der Waals surface area contributed by atoms with Crippen LogP contribution in [-0.4, -0.2) is 45.8 Å². The van der Waals surface area contributed by atoms with Crippen molar-refractivity contribution < 1.29 is 19.4 Å². The molecular formula is C12H17N3O4S. The van der Waals surface area contributed by atoms with E-state index in [4.69, 9.17) is 4.74 Å². The van der Waals surface area contributed by atoms with Crippen molar-refractivity contribution in [2.24, 2.45) is 5.92 Å². The van der Waals surface area contributed by atoms with E-state index in [1.807, 2.05) is 6.92 Å². The van der Waals surface area contributed by atoms with Gasteiger partial charge in [0, 0.05) is 12.5 Å². The van der Waals surface area contributed by atoms with Crippen LogP contribution in [-0.2, 0) is 16.0 Å². The lowest BCUT2D eigenvalue weighted by Gasteiger charge is -2.27. The molecule has 1 aromatic rings. The van der Waals surface area contributed by atoms with E-state index in [2.05, 4.69) is 14.9 Å². The summed E-state index contributed by atoms with van der Waals surface area (Å²) in [7, 11) is 0. The van der Waals surface area contributed by atoms with Crippen LogP contribution in [0.4, 0.5) is 0 Å². The van der Waals surface area contributed by atoms with Gasteiger partial charge in [0.05, 0.1) is 12.3 Å². The van der Waals surface area contributed by atoms with Crippen molar-refractivity contribution in [2.45, 2.75) is 32.2 Å². The normalized spacial score (nSPS) is 20.4. The third-order valence-electron chi connectivity index (χ3n) is 3.32. The average Bonchev–Trinajstić information content (AvgIpc) is 2.93. The number of carbonyl (C=O) groups excluding carboxylic acids is 1. The Morgan fingerprint density at radius 3 is 3.00 bits per heavy atom. The van der Waals surface area contributed by atoms with Gasteiger partial charge < -0.3 is 15.2 Å². The summed E-state index contributed by atoms with van der Waals surface area (Å²) < 4.78 is 9.03. The van der Waals surface area contributed by atoms with Crippen molar-refractivity contribution >= 4 is 23.4 Å². The second kappa shape index (κ2) is 6.76. The molecule has 0 radical (unpaired) electrons. The maximum atomic E-state index is 12.2. The van der Waals surface area contributed by atoms with Crippen molar-refractivity contribution in [1.82, 2.24) is 14.9 Å². The van der Waals surface area contributed by atoms with E-state index in [0.29, 0.717) is 30.2 Å². The number of aromatic nitrogens is 2. The van der Waals surface area contributed by atoms with Crippen molar-refractivity contribution in [3.8, 4) is 0 Å². The number of ether oxygens (including phenoxy) is 1. The van der Waals surface area contributed by atoms with Crippen LogP contribution in [0.3, 0.4) is 0 Å². The van der Waals surface area contributed by atoms with Crippen LogP contribution in [0.15, 0.2) is 0 Å². The average molecular weight is 299 g/mol. The Morgan fingerprint density at radius 1 is 1.60 bits per heavy atom. The summed E-state index contributed by atoms with van der Waals surface area (Å²) in [5.41, 5.74) is 0.594. The fourth-order valence-electron chi connectivity index (χ4n) is 2.23. The number of rotatable bonds is 5. The molecule has 0 aliphatic carbocycles. The first-order chi connectivity index (χ1) is 9.63. The fraction of sp³-hybridized carbons (Fsp3) is 0.667. The Hall–Kier alpha value is -1.54. The molecule has 0 spiro atoms. The maximum Gasteiger partial charge on any atom is 0.326 e. The van der Waals surface area contributed by atoms with Crippen molar-refractivity contribution in [1.29, 1.82) is 0 Å². The second-order valence-electron chi connectivity index (χ2n) is 4.67. The number of amides is 1. The maximum absolute atomic E-state index is 12.2. The molecule has 0 aromatic carbocycles. The predicted octanol–water partition coefficient (Wildman–Crippen LogP) is 0.710. The number of hydrogen-bond acceptors (Lipinski definition) is 6. The molecule has 8 heteroatoms. The van der Waals surface area contributed by atoms with Crippen LogP contribution in [0.2, 0.25) is 0 Å². The molecule has 1 amide bonds. The van der Waals surface area contributed by atoms with E-state index >= 15 is 0 Å². The number of nitrogens with one attached hydrogen (secondary N) is 1. The van der Waals surface area contributed by atoms with Gasteiger partial charge in [0.2, 0.25) is 0 Å². The van der Waals surface area contributed by atoms with Gasteiger partial charge in [-0.05, 0) is 30.8 Å². The van der Waals surface area contributed by atoms with Gasteiger partial charge in [-0.3, -0.25) is 4.79 Å². The Bertz CT molecular complexity index is 485. The van der Waals surface area contributed by atoms with Gasteiger partial charge >= 0.3 is 5.97 Å². The minimum absolute atomic E-state index is 0.198. The van der Waals surface area contributed by atoms with Gasteiger partial charge in [-0.2, -0.15) is 0 Å². The molecular weight excluding hydrogens is 282 g/mol. The molecule has 1 fully saturated rings. The zero-order chi connectivity index (χ0) is 14.5. The molecule has 110 valence electrons. The smallest absolute Gasteiger partial charge is 0.326 e. The van der Waals surface area contributed by atoms with E-state index in [1.54, 1.807) is 0 Å². The molecule has 1 aromatic heterocycles. The number of carboxylic acid groups (broad SMARTS) is 1. The number of hydrogen-bond donors (Lipinski definition) is 2. The topological polar surface area (TPSA) is 101 Å². The molecule has 1 aliphatic heterocycles. The molecule has 0 bridgehead atoms. The first kappa shape index (κ1) is 14.9. The lowest BCUT2D eigenvalue weighted by atomic mass is 9.93. The summed E-state index contributed by atoms with van der Waals surface area (Å²) in [6.45, 7) is 2.88. The monoisotopic (exact) mass is 299 g/mol. The molecule has 2 heterocycles. The lowest BCUT2D eigenvalue weighted by molar-refractivity contribution is -0.142. The SMILES string of the molecule is CCc1nnsc1C(=O)NC(C(=O)O)C1CCCOC1. The minimum Gasteiger partial charge on any atom is -0.480 e. The first-order valence-corrected chi connectivity index (χ1v) is 7.33. The molecule has 7 nitrogen and oxygen atoms in total. The van der Waals surface area contributed by atoms with Crippen molar-refractivity contribution in [3.63, 3.8) is 0 Å². The Labute approximate surface area is 120 Å². The van der Waals surface area contributed by atoms with Crippen LogP contribution < -0.4 is 5.32 Å². The standard InChI is InChI=1S/C12H17N3O4S/c1-2-8-10(20-15-14-8)11(16)13-9(12(17)18)7-4-3-5-19-6-7/h7,9H,2-6H2,1H3,(H,13,16)(H,17,18). The third kappa shape index (κ3) is 3.31. The van der Waals surface area contributed by atoms with Gasteiger partial charge in [-0.15, -0.1) is 5.10 Å². The van der Waals surface area contributed by atoms with E-state index in [1.165, 1.54) is 0 Å². The zero-order valence-electron chi connectivity index (χ0n) is 11.2. The van der Waals surface area contributed by atoms with Gasteiger partial charge in [0.25, 0.3) is 5.91 Å². The van der Waals surface area contributed by atoms with Crippen molar-refractivity contribution in [3.05, 3.63) is 10.6 Å². The number of carbonyl (C=O) groups is 2. The van der Waals surface area contributed by atoms with Gasteiger partial charge in [0.15, 0.2) is 0 Å². The summed E-state index contributed by atoms with van der Waals surface area (Å²) in [5, 5.41) is 15.7. The molecule has 2 atom stereocenters. The lowest BCUT2D eigenvalue weighted by Crippen LogP contribution is -2.48. The summed E-state index contributed by atoms with van der Waals surface area (Å²) >= 11 is 0.985. The fourth-order valence-corrected chi connectivity index (χ4v) is 2.88. The largest absolute Gasteiger partial charge is 0.480 e. The zero-order valence-corrected chi connectivity index (χ0v) is 12.0. The molecule has 1 aliphatic rings. The van der Waals surface area contributed by atoms with Crippen molar-refractivity contribution in [2.75, 3.05) is 13.2 Å². The third-order valence-corrected chi connectivity index (χ3v) is 4.08. The molecule has 2 N–H and O–H groups in total. The molecule has 2 rings (SSSR count). The summed E-state index contributed by atoms with van der Waals surface area (Å²) in [5.74, 6) is -1.66. The summed E-state index contributed by atoms with van der Waals surface area (Å²) in [6, 6.07) is -0.936. The van der Waals surface area contributed by atoms with Crippen LogP contribution in [0.1, 0.15) is 35.1 Å². The summed E-state index contributed by atoms with van der Waals surface area (Å²) in [6.07, 6.45) is 2.13. The van der Waals surface area contributed by atoms with Crippen LogP contribution in [0.25, 0.3) is 0 Å². The molecule has 1 saturated heterocycles. The first-order valence-electron chi connectivity index (χ1n) is 6.56. The number of aryl methyl sites for hydroxylation is 1. The van der Waals surface area contributed by atoms with Crippen LogP contribution in [0.5, 0.6) is 0 Å². The van der Waals surface area contributed by atoms with E-state index in [0.717, 1.165) is 24.4 Å². The van der Waals surface area contributed by atoms with E-state index in [-0.39, 0.29) is 5.92 Å².